The number of hydrogen-bond acceptors (Lipinski definition) is 4. The van der Waals surface area contributed by atoms with Crippen molar-refractivity contribution in [2.75, 3.05) is 17.8 Å². The molecule has 0 heterocycles. The SMILES string of the molecule is CCCCS(=O)(=O)N[C@H](CCSC)C(=O)O. The van der Waals surface area contributed by atoms with Gasteiger partial charge in [-0.25, -0.2) is 13.1 Å². The van der Waals surface area contributed by atoms with E-state index in [1.54, 1.807) is 0 Å². The van der Waals surface area contributed by atoms with Gasteiger partial charge >= 0.3 is 5.97 Å². The second kappa shape index (κ2) is 7.92. The van der Waals surface area contributed by atoms with Crippen molar-refractivity contribution in [3.63, 3.8) is 0 Å². The number of carboxylic acids is 1. The smallest absolute Gasteiger partial charge is 0.321 e. The van der Waals surface area contributed by atoms with Crippen molar-refractivity contribution >= 4 is 27.8 Å². The van der Waals surface area contributed by atoms with Gasteiger partial charge in [0.25, 0.3) is 0 Å². The molecular formula is C9H19NO4S2. The largest absolute Gasteiger partial charge is 0.480 e. The minimum absolute atomic E-state index is 0.00739. The van der Waals surface area contributed by atoms with Crippen LogP contribution in [0.2, 0.25) is 0 Å². The molecule has 0 radical (unpaired) electrons. The maximum Gasteiger partial charge on any atom is 0.321 e. The number of carbonyl (C=O) groups is 1. The van der Waals surface area contributed by atoms with Gasteiger partial charge in [0.1, 0.15) is 6.04 Å². The Morgan fingerprint density at radius 2 is 2.12 bits per heavy atom. The van der Waals surface area contributed by atoms with Crippen molar-refractivity contribution in [2.24, 2.45) is 0 Å². The van der Waals surface area contributed by atoms with E-state index in [1.165, 1.54) is 11.8 Å². The summed E-state index contributed by atoms with van der Waals surface area (Å²) < 4.78 is 25.2. The molecule has 2 N–H and O–H groups in total. The van der Waals surface area contributed by atoms with Gasteiger partial charge in [-0.3, -0.25) is 4.79 Å². The van der Waals surface area contributed by atoms with Crippen LogP contribution in [0.15, 0.2) is 0 Å². The number of rotatable bonds is 9. The third kappa shape index (κ3) is 7.08. The fourth-order valence-corrected chi connectivity index (χ4v) is 2.99. The molecule has 0 aliphatic carbocycles. The zero-order valence-electron chi connectivity index (χ0n) is 9.60. The topological polar surface area (TPSA) is 83.5 Å². The first-order valence-corrected chi connectivity index (χ1v) is 8.19. The first-order chi connectivity index (χ1) is 7.43. The molecule has 0 aromatic carbocycles. The highest BCUT2D eigenvalue weighted by atomic mass is 32.2. The summed E-state index contributed by atoms with van der Waals surface area (Å²) in [6.07, 6.45) is 3.47. The van der Waals surface area contributed by atoms with Gasteiger partial charge in [0.15, 0.2) is 0 Å². The van der Waals surface area contributed by atoms with E-state index in [0.29, 0.717) is 18.6 Å². The average molecular weight is 269 g/mol. The summed E-state index contributed by atoms with van der Waals surface area (Å²) in [6.45, 7) is 1.89. The maximum absolute atomic E-state index is 11.5. The van der Waals surface area contributed by atoms with E-state index in [2.05, 4.69) is 4.72 Å². The summed E-state index contributed by atoms with van der Waals surface area (Å²) in [7, 11) is -3.46. The highest BCUT2D eigenvalue weighted by Gasteiger charge is 2.22. The number of aliphatic carboxylic acids is 1. The number of sulfonamides is 1. The Morgan fingerprint density at radius 1 is 1.50 bits per heavy atom. The first kappa shape index (κ1) is 15.7. The first-order valence-electron chi connectivity index (χ1n) is 5.14. The molecule has 16 heavy (non-hydrogen) atoms. The summed E-state index contributed by atoms with van der Waals surface area (Å²) in [5, 5.41) is 8.85. The summed E-state index contributed by atoms with van der Waals surface area (Å²) in [6, 6.07) is -1.01. The summed E-state index contributed by atoms with van der Waals surface area (Å²) >= 11 is 1.49. The predicted molar refractivity (Wildman–Crippen MR) is 66.3 cm³/mol. The molecule has 0 rings (SSSR count). The van der Waals surface area contributed by atoms with Crippen LogP contribution < -0.4 is 4.72 Å². The van der Waals surface area contributed by atoms with Crippen LogP contribution >= 0.6 is 11.8 Å². The summed E-state index contributed by atoms with van der Waals surface area (Å²) in [5.74, 6) is -0.506. The lowest BCUT2D eigenvalue weighted by Crippen LogP contribution is -2.42. The Labute approximate surface area is 101 Å². The fraction of sp³-hybridized carbons (Fsp3) is 0.889. The number of hydrogen-bond donors (Lipinski definition) is 2. The van der Waals surface area contributed by atoms with Crippen molar-refractivity contribution in [3.05, 3.63) is 0 Å². The standard InChI is InChI=1S/C9H19NO4S2/c1-3-4-7-16(13,14)10-8(9(11)12)5-6-15-2/h8,10H,3-7H2,1-2H3,(H,11,12)/t8-/m1/s1. The van der Waals surface area contributed by atoms with Gasteiger partial charge in [0.2, 0.25) is 10.0 Å². The van der Waals surface area contributed by atoms with Crippen LogP contribution in [0.4, 0.5) is 0 Å². The lowest BCUT2D eigenvalue weighted by Gasteiger charge is -2.13. The van der Waals surface area contributed by atoms with Gasteiger partial charge in [0.05, 0.1) is 5.75 Å². The summed E-state index contributed by atoms with van der Waals surface area (Å²) in [5.41, 5.74) is 0. The van der Waals surface area contributed by atoms with Crippen LogP contribution in [-0.4, -0.2) is 43.3 Å². The molecule has 0 aromatic heterocycles. The molecule has 0 bridgehead atoms. The quantitative estimate of drug-likeness (QED) is 0.650. The van der Waals surface area contributed by atoms with Crippen molar-refractivity contribution < 1.29 is 18.3 Å². The van der Waals surface area contributed by atoms with Crippen molar-refractivity contribution in [3.8, 4) is 0 Å². The lowest BCUT2D eigenvalue weighted by atomic mass is 10.2. The fourth-order valence-electron chi connectivity index (χ4n) is 1.08. The third-order valence-corrected chi connectivity index (χ3v) is 4.11. The Kier molecular flexibility index (Phi) is 7.78. The van der Waals surface area contributed by atoms with E-state index in [0.717, 1.165) is 6.42 Å². The molecule has 0 aromatic rings. The highest BCUT2D eigenvalue weighted by molar-refractivity contribution is 7.98. The van der Waals surface area contributed by atoms with Crippen molar-refractivity contribution in [2.45, 2.75) is 32.2 Å². The monoisotopic (exact) mass is 269 g/mol. The number of carboxylic acid groups (broad SMARTS) is 1. The third-order valence-electron chi connectivity index (χ3n) is 2.00. The molecule has 0 saturated heterocycles. The molecule has 7 heteroatoms. The van der Waals surface area contributed by atoms with E-state index in [4.69, 9.17) is 5.11 Å². The second-order valence-corrected chi connectivity index (χ2v) is 6.32. The Bertz CT molecular complexity index is 303. The predicted octanol–water partition coefficient (Wildman–Crippen LogP) is 0.912. The van der Waals surface area contributed by atoms with Crippen LogP contribution in [0, 0.1) is 0 Å². The minimum atomic E-state index is -3.46. The van der Waals surface area contributed by atoms with Gasteiger partial charge in [-0.05, 0) is 24.9 Å². The lowest BCUT2D eigenvalue weighted by molar-refractivity contribution is -0.139. The van der Waals surface area contributed by atoms with Crippen LogP contribution in [-0.2, 0) is 14.8 Å². The molecule has 0 amide bonds. The van der Waals surface area contributed by atoms with Crippen molar-refractivity contribution in [1.82, 2.24) is 4.72 Å². The van der Waals surface area contributed by atoms with Crippen LogP contribution in [0.25, 0.3) is 0 Å². The van der Waals surface area contributed by atoms with Gasteiger partial charge in [-0.15, -0.1) is 0 Å². The molecular weight excluding hydrogens is 250 g/mol. The molecule has 0 unspecified atom stereocenters. The Balaban J connectivity index is 4.32. The number of thioether (sulfide) groups is 1. The van der Waals surface area contributed by atoms with E-state index in [1.807, 2.05) is 13.2 Å². The normalized spacial score (nSPS) is 13.6. The van der Waals surface area contributed by atoms with Crippen LogP contribution in [0.5, 0.6) is 0 Å². The van der Waals surface area contributed by atoms with E-state index >= 15 is 0 Å². The molecule has 5 nitrogen and oxygen atoms in total. The van der Waals surface area contributed by atoms with Gasteiger partial charge in [-0.1, -0.05) is 13.3 Å². The van der Waals surface area contributed by atoms with Gasteiger partial charge in [-0.2, -0.15) is 11.8 Å². The van der Waals surface area contributed by atoms with E-state index in [-0.39, 0.29) is 5.75 Å². The molecule has 0 aliphatic heterocycles. The zero-order valence-corrected chi connectivity index (χ0v) is 11.2. The average Bonchev–Trinajstić information content (AvgIpc) is 2.21. The van der Waals surface area contributed by atoms with Crippen LogP contribution in [0.1, 0.15) is 26.2 Å². The minimum Gasteiger partial charge on any atom is -0.480 e. The molecule has 0 aliphatic rings. The Morgan fingerprint density at radius 3 is 2.56 bits per heavy atom. The molecule has 0 saturated carbocycles. The van der Waals surface area contributed by atoms with Gasteiger partial charge < -0.3 is 5.11 Å². The van der Waals surface area contributed by atoms with E-state index in [9.17, 15) is 13.2 Å². The summed E-state index contributed by atoms with van der Waals surface area (Å²) in [4.78, 5) is 10.8. The van der Waals surface area contributed by atoms with E-state index < -0.39 is 22.0 Å². The zero-order chi connectivity index (χ0) is 12.6. The number of nitrogens with one attached hydrogen (secondary N) is 1. The molecule has 0 fully saturated rings. The highest BCUT2D eigenvalue weighted by Crippen LogP contribution is 2.03. The van der Waals surface area contributed by atoms with Crippen molar-refractivity contribution in [1.29, 1.82) is 0 Å². The molecule has 96 valence electrons. The van der Waals surface area contributed by atoms with Crippen LogP contribution in [0.3, 0.4) is 0 Å². The number of unbranched alkanes of at least 4 members (excludes halogenated alkanes) is 1. The second-order valence-electron chi connectivity index (χ2n) is 3.46. The molecule has 1 atom stereocenters. The maximum atomic E-state index is 11.5. The molecule has 0 spiro atoms. The Hall–Kier alpha value is -0.270. The van der Waals surface area contributed by atoms with Gasteiger partial charge in [0, 0.05) is 0 Å².